The van der Waals surface area contributed by atoms with Gasteiger partial charge in [-0.3, -0.25) is 4.79 Å². The lowest BCUT2D eigenvalue weighted by atomic mass is 10.1. The third-order valence-electron chi connectivity index (χ3n) is 2.15. The number of aryl methyl sites for hydroxylation is 2. The van der Waals surface area contributed by atoms with E-state index in [0.717, 1.165) is 16.8 Å². The summed E-state index contributed by atoms with van der Waals surface area (Å²) in [6.45, 7) is 4.23. The molecule has 0 saturated heterocycles. The number of hydrogen-bond acceptors (Lipinski definition) is 2. The molecule has 0 aromatic carbocycles. The molecule has 0 saturated carbocycles. The highest BCUT2D eigenvalue weighted by molar-refractivity contribution is 7.80. The second-order valence-electron chi connectivity index (χ2n) is 3.38. The van der Waals surface area contributed by atoms with Gasteiger partial charge < -0.3 is 15.6 Å². The summed E-state index contributed by atoms with van der Waals surface area (Å²) in [5.74, 6) is 0. The summed E-state index contributed by atoms with van der Waals surface area (Å²) < 4.78 is 0. The standard InChI is InChI=1S/C10H15N3OS/c1-6-4-7(2)13-9(14)8(6)5-12-10(15)11-3/h4H,5H2,1-3H3,(H,13,14)(H2,11,12,15). The van der Waals surface area contributed by atoms with Crippen molar-refractivity contribution in [3.63, 3.8) is 0 Å². The molecule has 0 aliphatic heterocycles. The minimum absolute atomic E-state index is 0.0566. The van der Waals surface area contributed by atoms with Crippen molar-refractivity contribution in [2.75, 3.05) is 7.05 Å². The summed E-state index contributed by atoms with van der Waals surface area (Å²) in [5.41, 5.74) is 2.51. The van der Waals surface area contributed by atoms with Gasteiger partial charge in [-0.25, -0.2) is 0 Å². The first kappa shape index (κ1) is 11.7. The summed E-state index contributed by atoms with van der Waals surface area (Å²) in [7, 11) is 1.74. The quantitative estimate of drug-likeness (QED) is 0.645. The number of aromatic amines is 1. The Kier molecular flexibility index (Phi) is 3.85. The van der Waals surface area contributed by atoms with E-state index in [4.69, 9.17) is 12.2 Å². The van der Waals surface area contributed by atoms with Gasteiger partial charge in [-0.15, -0.1) is 0 Å². The fourth-order valence-corrected chi connectivity index (χ4v) is 1.43. The van der Waals surface area contributed by atoms with E-state index in [1.807, 2.05) is 19.9 Å². The van der Waals surface area contributed by atoms with E-state index < -0.39 is 0 Å². The van der Waals surface area contributed by atoms with E-state index in [-0.39, 0.29) is 5.56 Å². The smallest absolute Gasteiger partial charge is 0.253 e. The molecule has 82 valence electrons. The largest absolute Gasteiger partial charge is 0.366 e. The minimum Gasteiger partial charge on any atom is -0.366 e. The number of hydrogen-bond donors (Lipinski definition) is 3. The average Bonchev–Trinajstić information content (AvgIpc) is 2.15. The Balaban J connectivity index is 2.86. The van der Waals surface area contributed by atoms with Gasteiger partial charge in [-0.2, -0.15) is 0 Å². The molecular formula is C10H15N3OS. The van der Waals surface area contributed by atoms with Crippen LogP contribution in [0, 0.1) is 13.8 Å². The molecule has 0 unspecified atom stereocenters. The lowest BCUT2D eigenvalue weighted by Gasteiger charge is -2.09. The van der Waals surface area contributed by atoms with Crippen LogP contribution in [0.15, 0.2) is 10.9 Å². The third-order valence-corrected chi connectivity index (χ3v) is 2.50. The molecule has 0 amide bonds. The first-order valence-electron chi connectivity index (χ1n) is 4.69. The zero-order chi connectivity index (χ0) is 11.4. The second kappa shape index (κ2) is 4.93. The molecule has 5 heteroatoms. The van der Waals surface area contributed by atoms with Crippen LogP contribution in [-0.2, 0) is 6.54 Å². The van der Waals surface area contributed by atoms with Gasteiger partial charge in [0.2, 0.25) is 0 Å². The van der Waals surface area contributed by atoms with Gasteiger partial charge in [0.15, 0.2) is 5.11 Å². The molecule has 0 aliphatic carbocycles. The van der Waals surface area contributed by atoms with Crippen molar-refractivity contribution in [3.05, 3.63) is 33.2 Å². The molecule has 1 rings (SSSR count). The zero-order valence-electron chi connectivity index (χ0n) is 9.10. The topological polar surface area (TPSA) is 56.9 Å². The number of thiocarbonyl (C=S) groups is 1. The van der Waals surface area contributed by atoms with Crippen LogP contribution in [0.2, 0.25) is 0 Å². The molecule has 0 aliphatic rings. The maximum Gasteiger partial charge on any atom is 0.253 e. The summed E-state index contributed by atoms with van der Waals surface area (Å²) in [4.78, 5) is 14.4. The highest BCUT2D eigenvalue weighted by atomic mass is 32.1. The van der Waals surface area contributed by atoms with Crippen molar-refractivity contribution >= 4 is 17.3 Å². The highest BCUT2D eigenvalue weighted by Crippen LogP contribution is 2.02. The van der Waals surface area contributed by atoms with Gasteiger partial charge in [0, 0.05) is 24.8 Å². The minimum atomic E-state index is -0.0566. The van der Waals surface area contributed by atoms with E-state index in [0.29, 0.717) is 11.7 Å². The summed E-state index contributed by atoms with van der Waals surface area (Å²) in [5, 5.41) is 6.28. The van der Waals surface area contributed by atoms with Crippen LogP contribution in [0.1, 0.15) is 16.8 Å². The van der Waals surface area contributed by atoms with Crippen molar-refractivity contribution in [2.45, 2.75) is 20.4 Å². The van der Waals surface area contributed by atoms with Gasteiger partial charge in [0.05, 0.1) is 0 Å². The van der Waals surface area contributed by atoms with Crippen LogP contribution in [0.3, 0.4) is 0 Å². The third kappa shape index (κ3) is 3.06. The average molecular weight is 225 g/mol. The van der Waals surface area contributed by atoms with Gasteiger partial charge in [-0.1, -0.05) is 0 Å². The van der Waals surface area contributed by atoms with E-state index in [1.165, 1.54) is 0 Å². The Morgan fingerprint density at radius 2 is 2.20 bits per heavy atom. The highest BCUT2D eigenvalue weighted by Gasteiger charge is 2.04. The number of pyridine rings is 1. The Hall–Kier alpha value is -1.36. The van der Waals surface area contributed by atoms with Crippen molar-refractivity contribution in [1.29, 1.82) is 0 Å². The van der Waals surface area contributed by atoms with Gasteiger partial charge >= 0.3 is 0 Å². The van der Waals surface area contributed by atoms with Crippen LogP contribution < -0.4 is 16.2 Å². The molecule has 4 nitrogen and oxygen atoms in total. The Morgan fingerprint density at radius 1 is 1.53 bits per heavy atom. The van der Waals surface area contributed by atoms with Crippen molar-refractivity contribution < 1.29 is 0 Å². The molecule has 0 radical (unpaired) electrons. The Morgan fingerprint density at radius 3 is 2.73 bits per heavy atom. The van der Waals surface area contributed by atoms with E-state index >= 15 is 0 Å². The molecule has 1 aromatic heterocycles. The van der Waals surface area contributed by atoms with Crippen LogP contribution in [0.25, 0.3) is 0 Å². The molecule has 15 heavy (non-hydrogen) atoms. The van der Waals surface area contributed by atoms with Crippen molar-refractivity contribution in [2.24, 2.45) is 0 Å². The van der Waals surface area contributed by atoms with E-state index in [1.54, 1.807) is 7.05 Å². The van der Waals surface area contributed by atoms with Crippen molar-refractivity contribution in [3.8, 4) is 0 Å². The Bertz CT molecular complexity index is 425. The van der Waals surface area contributed by atoms with Gasteiger partial charge in [0.25, 0.3) is 5.56 Å². The van der Waals surface area contributed by atoms with Gasteiger partial charge in [0.1, 0.15) is 0 Å². The number of H-pyrrole nitrogens is 1. The molecular weight excluding hydrogens is 210 g/mol. The fraction of sp³-hybridized carbons (Fsp3) is 0.400. The van der Waals surface area contributed by atoms with Gasteiger partial charge in [-0.05, 0) is 37.7 Å². The predicted octanol–water partition coefficient (Wildman–Crippen LogP) is 0.586. The monoisotopic (exact) mass is 225 g/mol. The number of aromatic nitrogens is 1. The van der Waals surface area contributed by atoms with E-state index in [9.17, 15) is 4.79 Å². The molecule has 0 bridgehead atoms. The molecule has 0 atom stereocenters. The fourth-order valence-electron chi connectivity index (χ4n) is 1.36. The number of nitrogens with one attached hydrogen (secondary N) is 3. The first-order chi connectivity index (χ1) is 7.04. The Labute approximate surface area is 94.1 Å². The molecule has 1 heterocycles. The second-order valence-corrected chi connectivity index (χ2v) is 3.78. The lowest BCUT2D eigenvalue weighted by Crippen LogP contribution is -2.34. The van der Waals surface area contributed by atoms with Crippen LogP contribution in [-0.4, -0.2) is 17.1 Å². The molecule has 0 fully saturated rings. The maximum atomic E-state index is 11.6. The lowest BCUT2D eigenvalue weighted by molar-refractivity contribution is 0.859. The van der Waals surface area contributed by atoms with Crippen LogP contribution in [0.4, 0.5) is 0 Å². The van der Waals surface area contributed by atoms with Crippen LogP contribution >= 0.6 is 12.2 Å². The maximum absolute atomic E-state index is 11.6. The SMILES string of the molecule is CNC(=S)NCc1c(C)cc(C)[nH]c1=O. The van der Waals surface area contributed by atoms with Crippen LogP contribution in [0.5, 0.6) is 0 Å². The normalized spacial score (nSPS) is 9.80. The van der Waals surface area contributed by atoms with Crippen molar-refractivity contribution in [1.82, 2.24) is 15.6 Å². The summed E-state index contributed by atoms with van der Waals surface area (Å²) >= 11 is 4.93. The first-order valence-corrected chi connectivity index (χ1v) is 5.10. The molecule has 3 N–H and O–H groups in total. The molecule has 1 aromatic rings. The van der Waals surface area contributed by atoms with E-state index in [2.05, 4.69) is 15.6 Å². The summed E-state index contributed by atoms with van der Waals surface area (Å²) in [6, 6.07) is 1.95. The predicted molar refractivity (Wildman–Crippen MR) is 65.0 cm³/mol. The molecule has 0 spiro atoms. The zero-order valence-corrected chi connectivity index (χ0v) is 9.92. The number of rotatable bonds is 2. The summed E-state index contributed by atoms with van der Waals surface area (Å²) in [6.07, 6.45) is 0.